The van der Waals surface area contributed by atoms with Crippen molar-refractivity contribution in [1.82, 2.24) is 9.97 Å². The van der Waals surface area contributed by atoms with Crippen LogP contribution in [0.2, 0.25) is 0 Å². The summed E-state index contributed by atoms with van der Waals surface area (Å²) in [6.45, 7) is 2.11. The molecule has 5 heteroatoms. The minimum absolute atomic E-state index is 0.188. The van der Waals surface area contributed by atoms with Crippen molar-refractivity contribution in [3.8, 4) is 11.6 Å². The molecular formula is C12H12BrN3O. The normalized spacial score (nSPS) is 10.2. The number of hydrogen-bond donors (Lipinski definition) is 1. The van der Waals surface area contributed by atoms with Gasteiger partial charge < -0.3 is 10.5 Å². The third-order valence-corrected chi connectivity index (χ3v) is 2.82. The predicted molar refractivity (Wildman–Crippen MR) is 70.0 cm³/mol. The van der Waals surface area contributed by atoms with Gasteiger partial charge in [0.2, 0.25) is 11.8 Å². The SMILES string of the molecule is CCc1ccc(Oc2nc(N)ncc2Br)cc1. The van der Waals surface area contributed by atoms with Gasteiger partial charge >= 0.3 is 0 Å². The monoisotopic (exact) mass is 293 g/mol. The van der Waals surface area contributed by atoms with Crippen molar-refractivity contribution < 1.29 is 4.74 Å². The van der Waals surface area contributed by atoms with Crippen LogP contribution in [-0.4, -0.2) is 9.97 Å². The Morgan fingerprint density at radius 3 is 2.65 bits per heavy atom. The maximum absolute atomic E-state index is 5.61. The molecule has 0 saturated heterocycles. The highest BCUT2D eigenvalue weighted by molar-refractivity contribution is 9.10. The Kier molecular flexibility index (Phi) is 3.58. The van der Waals surface area contributed by atoms with E-state index in [0.29, 0.717) is 10.4 Å². The van der Waals surface area contributed by atoms with Gasteiger partial charge in [0.05, 0.1) is 10.7 Å². The first-order valence-corrected chi connectivity index (χ1v) is 6.03. The summed E-state index contributed by atoms with van der Waals surface area (Å²) >= 11 is 3.31. The Morgan fingerprint density at radius 2 is 2.00 bits per heavy atom. The number of nitrogens with two attached hydrogens (primary N) is 1. The molecule has 1 aromatic carbocycles. The number of ether oxygens (including phenoxy) is 1. The van der Waals surface area contributed by atoms with E-state index in [0.717, 1.165) is 12.2 Å². The van der Waals surface area contributed by atoms with Crippen molar-refractivity contribution in [2.45, 2.75) is 13.3 Å². The molecule has 1 aromatic heterocycles. The lowest BCUT2D eigenvalue weighted by Crippen LogP contribution is -1.97. The molecule has 0 atom stereocenters. The number of aromatic nitrogens is 2. The van der Waals surface area contributed by atoms with Crippen LogP contribution in [0.15, 0.2) is 34.9 Å². The van der Waals surface area contributed by atoms with Crippen molar-refractivity contribution in [3.05, 3.63) is 40.5 Å². The Hall–Kier alpha value is -1.62. The van der Waals surface area contributed by atoms with E-state index < -0.39 is 0 Å². The number of benzene rings is 1. The molecular weight excluding hydrogens is 282 g/mol. The Morgan fingerprint density at radius 1 is 1.29 bits per heavy atom. The van der Waals surface area contributed by atoms with Gasteiger partial charge in [-0.2, -0.15) is 4.98 Å². The zero-order chi connectivity index (χ0) is 12.3. The Balaban J connectivity index is 2.22. The van der Waals surface area contributed by atoms with Crippen LogP contribution in [0.1, 0.15) is 12.5 Å². The third-order valence-electron chi connectivity index (χ3n) is 2.28. The number of nitrogens with zero attached hydrogens (tertiary/aromatic N) is 2. The first kappa shape index (κ1) is 11.9. The van der Waals surface area contributed by atoms with E-state index in [1.165, 1.54) is 5.56 Å². The minimum Gasteiger partial charge on any atom is -0.438 e. The van der Waals surface area contributed by atoms with Gasteiger partial charge in [-0.25, -0.2) is 4.98 Å². The van der Waals surface area contributed by atoms with Gasteiger partial charge in [-0.3, -0.25) is 0 Å². The summed E-state index contributed by atoms with van der Waals surface area (Å²) in [5, 5.41) is 0. The maximum atomic E-state index is 5.61. The Labute approximate surface area is 108 Å². The van der Waals surface area contributed by atoms with Gasteiger partial charge in [0.25, 0.3) is 0 Å². The van der Waals surface area contributed by atoms with Gasteiger partial charge in [0.15, 0.2) is 0 Å². The fraction of sp³-hybridized carbons (Fsp3) is 0.167. The lowest BCUT2D eigenvalue weighted by molar-refractivity contribution is 0.459. The van der Waals surface area contributed by atoms with Crippen molar-refractivity contribution in [3.63, 3.8) is 0 Å². The second-order valence-corrected chi connectivity index (χ2v) is 4.34. The summed E-state index contributed by atoms with van der Waals surface area (Å²) in [5.41, 5.74) is 6.77. The van der Waals surface area contributed by atoms with Crippen LogP contribution in [0, 0.1) is 0 Å². The summed E-state index contributed by atoms with van der Waals surface area (Å²) < 4.78 is 6.28. The molecule has 2 N–H and O–H groups in total. The van der Waals surface area contributed by atoms with Crippen LogP contribution in [0.4, 0.5) is 5.95 Å². The summed E-state index contributed by atoms with van der Waals surface area (Å²) in [7, 11) is 0. The van der Waals surface area contributed by atoms with E-state index in [-0.39, 0.29) is 5.95 Å². The highest BCUT2D eigenvalue weighted by Gasteiger charge is 2.05. The molecule has 1 heterocycles. The van der Waals surface area contributed by atoms with Gasteiger partial charge in [0.1, 0.15) is 5.75 Å². The second kappa shape index (κ2) is 5.14. The van der Waals surface area contributed by atoms with E-state index in [1.807, 2.05) is 24.3 Å². The largest absolute Gasteiger partial charge is 0.438 e. The summed E-state index contributed by atoms with van der Waals surface area (Å²) in [6, 6.07) is 7.86. The topological polar surface area (TPSA) is 61.0 Å². The van der Waals surface area contributed by atoms with Crippen molar-refractivity contribution in [2.75, 3.05) is 5.73 Å². The summed E-state index contributed by atoms with van der Waals surface area (Å²) in [4.78, 5) is 7.86. The zero-order valence-electron chi connectivity index (χ0n) is 9.35. The number of rotatable bonds is 3. The van der Waals surface area contributed by atoms with Gasteiger partial charge in [-0.1, -0.05) is 19.1 Å². The highest BCUT2D eigenvalue weighted by Crippen LogP contribution is 2.27. The fourth-order valence-electron chi connectivity index (χ4n) is 1.34. The van der Waals surface area contributed by atoms with E-state index in [4.69, 9.17) is 10.5 Å². The average molecular weight is 294 g/mol. The molecule has 2 rings (SSSR count). The molecule has 0 bridgehead atoms. The van der Waals surface area contributed by atoms with Crippen molar-refractivity contribution in [2.24, 2.45) is 0 Å². The first-order chi connectivity index (χ1) is 8.19. The molecule has 0 unspecified atom stereocenters. The molecule has 0 saturated carbocycles. The number of hydrogen-bond acceptors (Lipinski definition) is 4. The molecule has 0 amide bonds. The zero-order valence-corrected chi connectivity index (χ0v) is 10.9. The molecule has 0 aliphatic rings. The number of halogens is 1. The Bertz CT molecular complexity index is 514. The van der Waals surface area contributed by atoms with Crippen molar-refractivity contribution >= 4 is 21.9 Å². The molecule has 0 spiro atoms. The van der Waals surface area contributed by atoms with Gasteiger partial charge in [-0.15, -0.1) is 0 Å². The van der Waals surface area contributed by atoms with Crippen molar-refractivity contribution in [1.29, 1.82) is 0 Å². The standard InChI is InChI=1S/C12H12BrN3O/c1-2-8-3-5-9(6-4-8)17-11-10(13)7-15-12(14)16-11/h3-7H,2H2,1H3,(H2,14,15,16). The van der Waals surface area contributed by atoms with E-state index >= 15 is 0 Å². The van der Waals surface area contributed by atoms with E-state index in [1.54, 1.807) is 6.20 Å². The van der Waals surface area contributed by atoms with Crippen LogP contribution in [0.5, 0.6) is 11.6 Å². The lowest BCUT2D eigenvalue weighted by Gasteiger charge is -2.07. The molecule has 17 heavy (non-hydrogen) atoms. The smallest absolute Gasteiger partial charge is 0.238 e. The predicted octanol–water partition coefficient (Wildman–Crippen LogP) is 3.18. The number of nitrogen functional groups attached to an aromatic ring is 1. The molecule has 0 fully saturated rings. The molecule has 2 aromatic rings. The van der Waals surface area contributed by atoms with Gasteiger partial charge in [0, 0.05) is 0 Å². The third kappa shape index (κ3) is 2.94. The van der Waals surface area contributed by atoms with Crippen LogP contribution in [0.25, 0.3) is 0 Å². The highest BCUT2D eigenvalue weighted by atomic mass is 79.9. The lowest BCUT2D eigenvalue weighted by atomic mass is 10.2. The quantitative estimate of drug-likeness (QED) is 0.944. The minimum atomic E-state index is 0.188. The number of anilines is 1. The van der Waals surface area contributed by atoms with E-state index in [9.17, 15) is 0 Å². The van der Waals surface area contributed by atoms with Crippen LogP contribution in [0.3, 0.4) is 0 Å². The maximum Gasteiger partial charge on any atom is 0.238 e. The summed E-state index contributed by atoms with van der Waals surface area (Å²) in [6.07, 6.45) is 2.57. The van der Waals surface area contributed by atoms with Crippen LogP contribution in [-0.2, 0) is 6.42 Å². The molecule has 4 nitrogen and oxygen atoms in total. The van der Waals surface area contributed by atoms with Crippen LogP contribution < -0.4 is 10.5 Å². The molecule has 0 aliphatic carbocycles. The average Bonchev–Trinajstić information content (AvgIpc) is 2.35. The molecule has 88 valence electrons. The van der Waals surface area contributed by atoms with Crippen LogP contribution >= 0.6 is 15.9 Å². The molecule has 0 aliphatic heterocycles. The number of aryl methyl sites for hydroxylation is 1. The summed E-state index contributed by atoms with van der Waals surface area (Å²) in [5.74, 6) is 1.33. The molecule has 0 radical (unpaired) electrons. The fourth-order valence-corrected chi connectivity index (χ4v) is 1.61. The van der Waals surface area contributed by atoms with E-state index in [2.05, 4.69) is 32.8 Å². The first-order valence-electron chi connectivity index (χ1n) is 5.24. The second-order valence-electron chi connectivity index (χ2n) is 3.48. The van der Waals surface area contributed by atoms with Gasteiger partial charge in [-0.05, 0) is 40.0 Å².